The van der Waals surface area contributed by atoms with Crippen LogP contribution >= 0.6 is 0 Å². The van der Waals surface area contributed by atoms with Crippen molar-refractivity contribution in [2.45, 2.75) is 60.4 Å². The Labute approximate surface area is 94.3 Å². The average Bonchev–Trinajstić information content (AvgIpc) is 1.75. The first-order valence-electron chi connectivity index (χ1n) is 5.53. The molecular weight excluding hydrogens is 186 g/mol. The summed E-state index contributed by atoms with van der Waals surface area (Å²) in [6, 6.07) is 0. The van der Waals surface area contributed by atoms with Gasteiger partial charge in [0.2, 0.25) is 0 Å². The van der Waals surface area contributed by atoms with Crippen molar-refractivity contribution in [1.82, 2.24) is 0 Å². The molecule has 0 unspecified atom stereocenters. The normalized spacial score (nSPS) is 13.8. The quantitative estimate of drug-likeness (QED) is 0.475. The van der Waals surface area contributed by atoms with Crippen LogP contribution in [0, 0.1) is 10.8 Å². The van der Waals surface area contributed by atoms with Crippen molar-refractivity contribution >= 4 is 5.96 Å². The maximum atomic E-state index is 5.49. The highest BCUT2D eigenvalue weighted by Crippen LogP contribution is 2.42. The fourth-order valence-corrected chi connectivity index (χ4v) is 1.80. The maximum Gasteiger partial charge on any atom is 0.339 e. The Hall–Kier alpha value is -0.730. The van der Waals surface area contributed by atoms with Crippen LogP contribution in [0.4, 0.5) is 0 Å². The molecule has 0 aliphatic rings. The van der Waals surface area contributed by atoms with Gasteiger partial charge < -0.3 is 0 Å². The predicted molar refractivity (Wildman–Crippen MR) is 66.3 cm³/mol. The number of hydrogen-bond acceptors (Lipinski definition) is 0. The molecular formula is C12H28N3+. The molecule has 0 bridgehead atoms. The highest BCUT2D eigenvalue weighted by atomic mass is 15.0. The SMILES string of the molecule is CC(C)(CC(C)(C)C(C)(C)C)[NH+]=C(N)N. The average molecular weight is 214 g/mol. The van der Waals surface area contributed by atoms with Crippen molar-refractivity contribution in [3.8, 4) is 0 Å². The summed E-state index contributed by atoms with van der Waals surface area (Å²) in [7, 11) is 0. The molecule has 0 heterocycles. The predicted octanol–water partition coefficient (Wildman–Crippen LogP) is 0.581. The summed E-state index contributed by atoms with van der Waals surface area (Å²) in [5.74, 6) is 0.296. The minimum Gasteiger partial charge on any atom is -0.291 e. The smallest absolute Gasteiger partial charge is 0.291 e. The van der Waals surface area contributed by atoms with Gasteiger partial charge >= 0.3 is 5.96 Å². The van der Waals surface area contributed by atoms with Crippen molar-refractivity contribution in [3.63, 3.8) is 0 Å². The second-order valence-electron chi connectivity index (χ2n) is 6.77. The van der Waals surface area contributed by atoms with E-state index in [4.69, 9.17) is 11.5 Å². The number of nitrogens with one attached hydrogen (secondary N) is 1. The van der Waals surface area contributed by atoms with Gasteiger partial charge in [-0.3, -0.25) is 16.5 Å². The summed E-state index contributed by atoms with van der Waals surface area (Å²) in [4.78, 5) is 3.12. The standard InChI is InChI=1S/C12H27N3/c1-10(2,3)11(4,5)8-12(6,7)15-9(13)14/h8H2,1-7H3,(H4,13,14,15)/p+1. The Morgan fingerprint density at radius 1 is 0.933 bits per heavy atom. The van der Waals surface area contributed by atoms with E-state index in [1.165, 1.54) is 0 Å². The Morgan fingerprint density at radius 2 is 1.33 bits per heavy atom. The molecule has 0 radical (unpaired) electrons. The van der Waals surface area contributed by atoms with Gasteiger partial charge in [-0.05, 0) is 31.1 Å². The van der Waals surface area contributed by atoms with Gasteiger partial charge in [0.05, 0.1) is 5.54 Å². The monoisotopic (exact) mass is 214 g/mol. The Bertz CT molecular complexity index is 240. The topological polar surface area (TPSA) is 66.0 Å². The van der Waals surface area contributed by atoms with E-state index in [1.807, 2.05) is 0 Å². The van der Waals surface area contributed by atoms with Crippen molar-refractivity contribution < 1.29 is 4.99 Å². The highest BCUT2D eigenvalue weighted by Gasteiger charge is 2.38. The van der Waals surface area contributed by atoms with Crippen LogP contribution in [0.2, 0.25) is 0 Å². The molecule has 15 heavy (non-hydrogen) atoms. The van der Waals surface area contributed by atoms with Crippen LogP contribution in [0.25, 0.3) is 0 Å². The molecule has 0 aliphatic carbocycles. The second kappa shape index (κ2) is 4.03. The van der Waals surface area contributed by atoms with E-state index in [0.29, 0.717) is 5.96 Å². The molecule has 0 aromatic heterocycles. The van der Waals surface area contributed by atoms with Gasteiger partial charge in [0, 0.05) is 0 Å². The molecule has 5 N–H and O–H groups in total. The van der Waals surface area contributed by atoms with Crippen molar-refractivity contribution in [1.29, 1.82) is 0 Å². The Morgan fingerprint density at radius 3 is 1.60 bits per heavy atom. The lowest BCUT2D eigenvalue weighted by Gasteiger charge is -2.42. The molecule has 90 valence electrons. The van der Waals surface area contributed by atoms with Gasteiger partial charge in [0.1, 0.15) is 0 Å². The second-order valence-corrected chi connectivity index (χ2v) is 6.77. The van der Waals surface area contributed by atoms with E-state index in [-0.39, 0.29) is 16.4 Å². The summed E-state index contributed by atoms with van der Waals surface area (Å²) >= 11 is 0. The first-order valence-corrected chi connectivity index (χ1v) is 5.53. The zero-order valence-electron chi connectivity index (χ0n) is 11.4. The van der Waals surface area contributed by atoms with Crippen molar-refractivity contribution in [2.75, 3.05) is 0 Å². The van der Waals surface area contributed by atoms with Gasteiger partial charge in [0.25, 0.3) is 0 Å². The Kier molecular flexibility index (Phi) is 3.83. The van der Waals surface area contributed by atoms with Gasteiger partial charge in [-0.2, -0.15) is 0 Å². The van der Waals surface area contributed by atoms with Crippen LogP contribution in [-0.2, 0) is 0 Å². The third-order valence-corrected chi connectivity index (χ3v) is 3.40. The first kappa shape index (κ1) is 14.3. The molecule has 0 saturated carbocycles. The van der Waals surface area contributed by atoms with Crippen molar-refractivity contribution in [3.05, 3.63) is 0 Å². The van der Waals surface area contributed by atoms with E-state index in [1.54, 1.807) is 0 Å². The van der Waals surface area contributed by atoms with E-state index in [2.05, 4.69) is 53.5 Å². The molecule has 0 aliphatic heterocycles. The molecule has 0 rings (SSSR count). The summed E-state index contributed by atoms with van der Waals surface area (Å²) in [5, 5.41) is 0. The van der Waals surface area contributed by atoms with Crippen LogP contribution in [0.5, 0.6) is 0 Å². The van der Waals surface area contributed by atoms with Crippen LogP contribution in [0.3, 0.4) is 0 Å². The van der Waals surface area contributed by atoms with Crippen LogP contribution in [0.15, 0.2) is 0 Å². The van der Waals surface area contributed by atoms with Gasteiger partial charge in [-0.25, -0.2) is 0 Å². The fourth-order valence-electron chi connectivity index (χ4n) is 1.80. The molecule has 0 fully saturated rings. The fraction of sp³-hybridized carbons (Fsp3) is 0.917. The lowest BCUT2D eigenvalue weighted by Crippen LogP contribution is -2.89. The zero-order chi connectivity index (χ0) is 12.5. The van der Waals surface area contributed by atoms with Gasteiger partial charge in [0.15, 0.2) is 0 Å². The third kappa shape index (κ3) is 4.54. The summed E-state index contributed by atoms with van der Waals surface area (Å²) in [5.41, 5.74) is 11.4. The lowest BCUT2D eigenvalue weighted by atomic mass is 9.64. The van der Waals surface area contributed by atoms with E-state index in [0.717, 1.165) is 6.42 Å². The minimum absolute atomic E-state index is 0.0738. The maximum absolute atomic E-state index is 5.49. The molecule has 0 atom stereocenters. The lowest BCUT2D eigenvalue weighted by molar-refractivity contribution is -0.551. The molecule has 3 nitrogen and oxygen atoms in total. The van der Waals surface area contributed by atoms with Gasteiger partial charge in [-0.15, -0.1) is 0 Å². The summed E-state index contributed by atoms with van der Waals surface area (Å²) in [6.45, 7) is 15.6. The van der Waals surface area contributed by atoms with E-state index < -0.39 is 0 Å². The molecule has 0 amide bonds. The number of nitrogens with two attached hydrogens (primary N) is 2. The number of rotatable bonds is 3. The van der Waals surface area contributed by atoms with Crippen LogP contribution in [-0.4, -0.2) is 11.5 Å². The van der Waals surface area contributed by atoms with E-state index in [9.17, 15) is 0 Å². The van der Waals surface area contributed by atoms with Crippen LogP contribution < -0.4 is 16.5 Å². The molecule has 0 spiro atoms. The third-order valence-electron chi connectivity index (χ3n) is 3.40. The molecule has 0 aromatic rings. The summed E-state index contributed by atoms with van der Waals surface area (Å²) < 4.78 is 0. The molecule has 3 heteroatoms. The minimum atomic E-state index is -0.0738. The number of guanidine groups is 1. The zero-order valence-corrected chi connectivity index (χ0v) is 11.4. The summed E-state index contributed by atoms with van der Waals surface area (Å²) in [6.07, 6.45) is 1.02. The van der Waals surface area contributed by atoms with Crippen molar-refractivity contribution in [2.24, 2.45) is 22.3 Å². The Balaban J connectivity index is 4.81. The molecule has 0 saturated heterocycles. The van der Waals surface area contributed by atoms with Crippen LogP contribution in [0.1, 0.15) is 54.9 Å². The van der Waals surface area contributed by atoms with Gasteiger partial charge in [-0.1, -0.05) is 34.6 Å². The largest absolute Gasteiger partial charge is 0.339 e. The highest BCUT2D eigenvalue weighted by molar-refractivity contribution is 5.69. The molecule has 0 aromatic carbocycles. The number of hydrogen-bond donors (Lipinski definition) is 3. The van der Waals surface area contributed by atoms with E-state index >= 15 is 0 Å². The first-order chi connectivity index (χ1) is 6.37.